The molecule has 0 amide bonds. The molecule has 1 aromatic carbocycles. The minimum atomic E-state index is -1.26. The highest BCUT2D eigenvalue weighted by Crippen LogP contribution is 2.72. The Bertz CT molecular complexity index is 1440. The number of nitrogens with one attached hydrogen (secondary N) is 1. The van der Waals surface area contributed by atoms with E-state index in [1.165, 1.54) is 22.8 Å². The molecule has 0 unspecified atom stereocenters. The molecule has 3 fully saturated rings. The van der Waals surface area contributed by atoms with Gasteiger partial charge >= 0.3 is 5.97 Å². The van der Waals surface area contributed by atoms with Crippen molar-refractivity contribution in [1.29, 1.82) is 5.26 Å². The highest BCUT2D eigenvalue weighted by atomic mass is 35.5. The summed E-state index contributed by atoms with van der Waals surface area (Å²) >= 11 is 5.83. The third-order valence-corrected chi connectivity index (χ3v) is 7.03. The number of pyridine rings is 1. The Morgan fingerprint density at radius 2 is 2.03 bits per heavy atom. The minimum absolute atomic E-state index is 0.0327. The molecule has 3 aliphatic rings. The largest absolute Gasteiger partial charge is 0.476 e. The van der Waals surface area contributed by atoms with Crippen LogP contribution in [0.4, 0.5) is 10.1 Å². The molecule has 3 saturated carbocycles. The first-order valence-corrected chi connectivity index (χ1v) is 10.7. The lowest BCUT2D eigenvalue weighted by Crippen LogP contribution is -2.65. The maximum absolute atomic E-state index is 14.5. The second-order valence-corrected chi connectivity index (χ2v) is 9.48. The zero-order chi connectivity index (χ0) is 23.7. The number of carbonyl (C=O) groups is 1. The van der Waals surface area contributed by atoms with Crippen LogP contribution < -0.4 is 10.9 Å². The first-order chi connectivity index (χ1) is 15.6. The molecule has 2 N–H and O–H groups in total. The summed E-state index contributed by atoms with van der Waals surface area (Å²) in [6.45, 7) is 1.72. The van der Waals surface area contributed by atoms with Gasteiger partial charge in [-0.15, -0.1) is 0 Å². The van der Waals surface area contributed by atoms with Crippen LogP contribution in [-0.2, 0) is 12.5 Å². The first kappa shape index (κ1) is 21.3. The number of nitrogens with zero attached hydrogens (tertiary/aromatic N) is 4. The van der Waals surface area contributed by atoms with Gasteiger partial charge in [0.05, 0.1) is 34.1 Å². The van der Waals surface area contributed by atoms with Gasteiger partial charge in [-0.05, 0) is 50.5 Å². The first-order valence-electron chi connectivity index (χ1n) is 10.4. The number of rotatable bonds is 5. The minimum Gasteiger partial charge on any atom is -0.476 e. The average molecular weight is 468 g/mol. The molecule has 0 radical (unpaired) electrons. The van der Waals surface area contributed by atoms with Crippen LogP contribution in [0.25, 0.3) is 10.9 Å². The Hall–Kier alpha value is -3.51. The topological polar surface area (TPSA) is 121 Å². The van der Waals surface area contributed by atoms with Crippen LogP contribution >= 0.6 is 11.6 Å². The molecule has 0 spiro atoms. The summed E-state index contributed by atoms with van der Waals surface area (Å²) in [5.74, 6) is -1.27. The van der Waals surface area contributed by atoms with Gasteiger partial charge in [0.25, 0.3) is 5.56 Å². The molecule has 2 heterocycles. The summed E-state index contributed by atoms with van der Waals surface area (Å²) < 4.78 is 16.0. The van der Waals surface area contributed by atoms with Gasteiger partial charge in [0.1, 0.15) is 16.8 Å². The predicted molar refractivity (Wildman–Crippen MR) is 119 cm³/mol. The van der Waals surface area contributed by atoms with Crippen LogP contribution in [0.3, 0.4) is 0 Å². The van der Waals surface area contributed by atoms with Crippen molar-refractivity contribution >= 4 is 34.2 Å². The van der Waals surface area contributed by atoms with E-state index in [4.69, 9.17) is 16.6 Å². The van der Waals surface area contributed by atoms with E-state index in [9.17, 15) is 24.3 Å². The van der Waals surface area contributed by atoms with E-state index in [0.29, 0.717) is 36.2 Å². The number of carboxylic acids is 1. The fourth-order valence-electron chi connectivity index (χ4n) is 5.34. The molecule has 3 aromatic rings. The number of carboxylic acid groups (broad SMARTS) is 1. The number of hydrogen-bond acceptors (Lipinski definition) is 6. The van der Waals surface area contributed by atoms with Crippen molar-refractivity contribution in [3.05, 3.63) is 62.7 Å². The number of anilines is 1. The maximum Gasteiger partial charge on any atom is 0.356 e. The third-order valence-electron chi connectivity index (χ3n) is 6.82. The van der Waals surface area contributed by atoms with Crippen molar-refractivity contribution < 1.29 is 14.3 Å². The fraction of sp³-hybridized carbons (Fsp3) is 0.348. The van der Waals surface area contributed by atoms with Crippen LogP contribution in [0.1, 0.15) is 54.1 Å². The lowest BCUT2D eigenvalue weighted by molar-refractivity contribution is -0.101. The second-order valence-electron chi connectivity index (χ2n) is 9.09. The van der Waals surface area contributed by atoms with Crippen molar-refractivity contribution in [3.63, 3.8) is 0 Å². The van der Waals surface area contributed by atoms with Gasteiger partial charge < -0.3 is 10.4 Å². The molecule has 1 atom stereocenters. The number of halogens is 2. The predicted octanol–water partition coefficient (Wildman–Crippen LogP) is 3.94. The number of fused-ring (bicyclic) bond motifs is 1. The number of aromatic carboxylic acids is 1. The van der Waals surface area contributed by atoms with E-state index >= 15 is 0 Å². The van der Waals surface area contributed by atoms with Crippen LogP contribution in [0.5, 0.6) is 0 Å². The lowest BCUT2D eigenvalue weighted by atomic mass is 9.35. The van der Waals surface area contributed by atoms with E-state index < -0.39 is 17.8 Å². The van der Waals surface area contributed by atoms with Gasteiger partial charge in [-0.2, -0.15) is 5.26 Å². The Morgan fingerprint density at radius 3 is 2.67 bits per heavy atom. The SMILES string of the molecule is C[C@@H](Nc1ccc(Cl)nc1C(=O)O)c1cc(F)cc2c(=O)n(C)c(C34CC(C#N)(C3)C4)nc12. The summed E-state index contributed by atoms with van der Waals surface area (Å²) in [5, 5.41) is 22.0. The summed E-state index contributed by atoms with van der Waals surface area (Å²) in [4.78, 5) is 33.4. The second kappa shape index (κ2) is 6.99. The molecule has 168 valence electrons. The lowest BCUT2D eigenvalue weighted by Gasteiger charge is -2.66. The highest BCUT2D eigenvalue weighted by molar-refractivity contribution is 6.29. The molecule has 6 rings (SSSR count). The Morgan fingerprint density at radius 1 is 1.33 bits per heavy atom. The van der Waals surface area contributed by atoms with Gasteiger partial charge in [-0.3, -0.25) is 9.36 Å². The van der Waals surface area contributed by atoms with Crippen molar-refractivity contribution in [2.45, 2.75) is 37.6 Å². The van der Waals surface area contributed by atoms with Gasteiger partial charge in [-0.25, -0.2) is 19.2 Å². The van der Waals surface area contributed by atoms with Crippen molar-refractivity contribution in [2.75, 3.05) is 5.32 Å². The maximum atomic E-state index is 14.5. The van der Waals surface area contributed by atoms with Crippen molar-refractivity contribution in [2.24, 2.45) is 12.5 Å². The molecular formula is C23H19ClFN5O3. The number of hydrogen-bond donors (Lipinski definition) is 2. The van der Waals surface area contributed by atoms with Crippen molar-refractivity contribution in [1.82, 2.24) is 14.5 Å². The van der Waals surface area contributed by atoms with Gasteiger partial charge in [0.2, 0.25) is 0 Å². The van der Waals surface area contributed by atoms with E-state index in [1.54, 1.807) is 14.0 Å². The molecule has 0 aliphatic heterocycles. The third kappa shape index (κ3) is 3.09. The molecule has 10 heteroatoms. The van der Waals surface area contributed by atoms with E-state index in [2.05, 4.69) is 16.4 Å². The van der Waals surface area contributed by atoms with Crippen LogP contribution in [0.2, 0.25) is 5.15 Å². The smallest absolute Gasteiger partial charge is 0.356 e. The molecule has 2 bridgehead atoms. The van der Waals surface area contributed by atoms with Gasteiger partial charge in [0, 0.05) is 18.0 Å². The zero-order valence-electron chi connectivity index (χ0n) is 17.8. The number of benzene rings is 1. The molecule has 2 aromatic heterocycles. The quantitative estimate of drug-likeness (QED) is 0.545. The summed E-state index contributed by atoms with van der Waals surface area (Å²) in [7, 11) is 1.62. The van der Waals surface area contributed by atoms with Gasteiger partial charge in [0.15, 0.2) is 5.69 Å². The summed E-state index contributed by atoms with van der Waals surface area (Å²) in [6.07, 6.45) is 1.97. The number of aromatic nitrogens is 3. The van der Waals surface area contributed by atoms with E-state index in [1.807, 2.05) is 0 Å². The summed E-state index contributed by atoms with van der Waals surface area (Å²) in [6, 6.07) is 7.14. The standard InChI is InChI=1S/C23H19ClFN5O3/c1-11(27-15-3-4-16(24)28-18(15)20(32)33)13-5-12(25)6-14-17(13)29-21(30(2)19(14)31)23-7-22(8-23,9-23)10-26/h3-6,11,27H,7-9H2,1-2H3,(H,32,33)/t11-,22?,23?/m1/s1. The molecular weight excluding hydrogens is 449 g/mol. The normalized spacial score (nSPS) is 23.8. The van der Waals surface area contributed by atoms with Crippen LogP contribution in [0, 0.1) is 22.6 Å². The van der Waals surface area contributed by atoms with E-state index in [-0.39, 0.29) is 38.3 Å². The van der Waals surface area contributed by atoms with Crippen molar-refractivity contribution in [3.8, 4) is 6.07 Å². The summed E-state index contributed by atoms with van der Waals surface area (Å²) in [5.41, 5.74) is -0.288. The Kier molecular flexibility index (Phi) is 4.52. The number of nitriles is 1. The Balaban J connectivity index is 1.61. The van der Waals surface area contributed by atoms with Crippen LogP contribution in [-0.4, -0.2) is 25.6 Å². The molecule has 8 nitrogen and oxygen atoms in total. The fourth-order valence-corrected chi connectivity index (χ4v) is 5.49. The van der Waals surface area contributed by atoms with E-state index in [0.717, 1.165) is 6.07 Å². The molecule has 0 saturated heterocycles. The zero-order valence-corrected chi connectivity index (χ0v) is 18.6. The Labute approximate surface area is 192 Å². The monoisotopic (exact) mass is 467 g/mol. The molecule has 33 heavy (non-hydrogen) atoms. The average Bonchev–Trinajstić information content (AvgIpc) is 2.71. The molecule has 3 aliphatic carbocycles. The van der Waals surface area contributed by atoms with Gasteiger partial charge in [-0.1, -0.05) is 11.6 Å². The highest BCUT2D eigenvalue weighted by Gasteiger charge is 2.70. The van der Waals surface area contributed by atoms with Crippen LogP contribution in [0.15, 0.2) is 29.1 Å².